The molecule has 3 heteroatoms. The molecule has 3 nitrogen and oxygen atoms in total. The van der Waals surface area contributed by atoms with E-state index in [1.165, 1.54) is 11.1 Å². The number of aromatic nitrogens is 2. The van der Waals surface area contributed by atoms with Crippen molar-refractivity contribution in [1.82, 2.24) is 14.9 Å². The van der Waals surface area contributed by atoms with Crippen LogP contribution in [0.1, 0.15) is 50.2 Å². The lowest BCUT2D eigenvalue weighted by molar-refractivity contribution is 0.544. The molecule has 0 saturated carbocycles. The van der Waals surface area contributed by atoms with Gasteiger partial charge in [0.25, 0.3) is 0 Å². The van der Waals surface area contributed by atoms with Crippen molar-refractivity contribution >= 4 is 0 Å². The molecule has 2 rings (SSSR count). The Morgan fingerprint density at radius 3 is 2.50 bits per heavy atom. The molecule has 1 aromatic heterocycles. The summed E-state index contributed by atoms with van der Waals surface area (Å²) in [5.74, 6) is 1.11. The summed E-state index contributed by atoms with van der Waals surface area (Å²) in [7, 11) is 0. The molecule has 1 unspecified atom stereocenters. The monoisotopic (exact) mass is 271 g/mol. The fourth-order valence-electron chi connectivity index (χ4n) is 2.52. The smallest absolute Gasteiger partial charge is 0.130 e. The fourth-order valence-corrected chi connectivity index (χ4v) is 2.52. The molecule has 1 atom stereocenters. The number of nitrogens with one attached hydrogen (secondary N) is 1. The van der Waals surface area contributed by atoms with Crippen molar-refractivity contribution in [1.29, 1.82) is 0 Å². The molecule has 0 aliphatic heterocycles. The van der Waals surface area contributed by atoms with Gasteiger partial charge in [0.1, 0.15) is 5.82 Å². The molecule has 0 aliphatic carbocycles. The average molecular weight is 271 g/mol. The van der Waals surface area contributed by atoms with Crippen molar-refractivity contribution in [2.24, 2.45) is 0 Å². The lowest BCUT2D eigenvalue weighted by atomic mass is 10.0. The number of hydrogen-bond donors (Lipinski definition) is 1. The molecular formula is C17H25N3. The van der Waals surface area contributed by atoms with E-state index in [4.69, 9.17) is 0 Å². The number of benzene rings is 1. The van der Waals surface area contributed by atoms with E-state index in [0.717, 1.165) is 31.8 Å². The number of hydrogen-bond acceptors (Lipinski definition) is 2. The largest absolute Gasteiger partial charge is 0.333 e. The van der Waals surface area contributed by atoms with Crippen LogP contribution in [0.5, 0.6) is 0 Å². The first kappa shape index (κ1) is 14.8. The molecular weight excluding hydrogens is 246 g/mol. The van der Waals surface area contributed by atoms with Crippen molar-refractivity contribution in [3.05, 3.63) is 53.6 Å². The summed E-state index contributed by atoms with van der Waals surface area (Å²) < 4.78 is 2.25. The lowest BCUT2D eigenvalue weighted by Gasteiger charge is -2.19. The van der Waals surface area contributed by atoms with Gasteiger partial charge < -0.3 is 9.88 Å². The van der Waals surface area contributed by atoms with Crippen molar-refractivity contribution < 1.29 is 0 Å². The Kier molecular flexibility index (Phi) is 5.36. The highest BCUT2D eigenvalue weighted by atomic mass is 15.1. The minimum absolute atomic E-state index is 0.174. The van der Waals surface area contributed by atoms with Crippen molar-refractivity contribution in [3.8, 4) is 0 Å². The first-order chi connectivity index (χ1) is 9.80. The Bertz CT molecular complexity index is 513. The van der Waals surface area contributed by atoms with Gasteiger partial charge in [-0.25, -0.2) is 4.98 Å². The van der Waals surface area contributed by atoms with Crippen molar-refractivity contribution in [2.45, 2.75) is 46.2 Å². The van der Waals surface area contributed by atoms with E-state index in [0.29, 0.717) is 0 Å². The van der Waals surface area contributed by atoms with Gasteiger partial charge in [-0.1, -0.05) is 45.0 Å². The second-order valence-electron chi connectivity index (χ2n) is 5.06. The number of nitrogens with zero attached hydrogens (tertiary/aromatic N) is 2. The minimum Gasteiger partial charge on any atom is -0.333 e. The summed E-state index contributed by atoms with van der Waals surface area (Å²) in [5, 5.41) is 3.55. The molecule has 1 heterocycles. The summed E-state index contributed by atoms with van der Waals surface area (Å²) in [4.78, 5) is 4.57. The molecule has 2 aromatic rings. The van der Waals surface area contributed by atoms with Gasteiger partial charge in [-0.2, -0.15) is 0 Å². The first-order valence-electron chi connectivity index (χ1n) is 7.63. The Morgan fingerprint density at radius 1 is 1.15 bits per heavy atom. The van der Waals surface area contributed by atoms with Gasteiger partial charge in [0.2, 0.25) is 0 Å². The van der Waals surface area contributed by atoms with Crippen LogP contribution in [0.4, 0.5) is 0 Å². The molecule has 0 aliphatic rings. The summed E-state index contributed by atoms with van der Waals surface area (Å²) in [6, 6.07) is 9.04. The third-order valence-corrected chi connectivity index (χ3v) is 3.60. The maximum atomic E-state index is 4.57. The highest BCUT2D eigenvalue weighted by Gasteiger charge is 2.17. The van der Waals surface area contributed by atoms with Crippen LogP contribution in [0.2, 0.25) is 0 Å². The van der Waals surface area contributed by atoms with Crippen molar-refractivity contribution in [3.63, 3.8) is 0 Å². The van der Waals surface area contributed by atoms with Gasteiger partial charge in [-0.15, -0.1) is 0 Å². The van der Waals surface area contributed by atoms with E-state index >= 15 is 0 Å². The van der Waals surface area contributed by atoms with Gasteiger partial charge in [0.05, 0.1) is 6.04 Å². The zero-order valence-corrected chi connectivity index (χ0v) is 12.8. The average Bonchev–Trinajstić information content (AvgIpc) is 2.93. The zero-order valence-electron chi connectivity index (χ0n) is 12.8. The molecule has 20 heavy (non-hydrogen) atoms. The summed E-state index contributed by atoms with van der Waals surface area (Å²) in [6.45, 7) is 8.47. The molecule has 0 fully saturated rings. The van der Waals surface area contributed by atoms with Gasteiger partial charge in [-0.05, 0) is 30.5 Å². The molecule has 0 saturated heterocycles. The molecule has 1 aromatic carbocycles. The number of rotatable bonds is 7. The Labute approximate surface area is 122 Å². The quantitative estimate of drug-likeness (QED) is 0.834. The van der Waals surface area contributed by atoms with E-state index in [2.05, 4.69) is 66.1 Å². The third-order valence-electron chi connectivity index (χ3n) is 3.60. The van der Waals surface area contributed by atoms with Gasteiger partial charge in [0.15, 0.2) is 0 Å². The second kappa shape index (κ2) is 7.25. The topological polar surface area (TPSA) is 29.9 Å². The highest BCUT2D eigenvalue weighted by Crippen LogP contribution is 2.21. The molecule has 0 spiro atoms. The second-order valence-corrected chi connectivity index (χ2v) is 5.06. The summed E-state index contributed by atoms with van der Waals surface area (Å²) >= 11 is 0. The van der Waals surface area contributed by atoms with E-state index < -0.39 is 0 Å². The predicted molar refractivity (Wildman–Crippen MR) is 83.9 cm³/mol. The Balaban J connectivity index is 2.31. The van der Waals surface area contributed by atoms with Crippen LogP contribution < -0.4 is 5.32 Å². The van der Waals surface area contributed by atoms with Gasteiger partial charge in [0, 0.05) is 18.9 Å². The van der Waals surface area contributed by atoms with E-state index in [1.807, 2.05) is 6.20 Å². The van der Waals surface area contributed by atoms with Crippen LogP contribution in [0.3, 0.4) is 0 Å². The molecule has 0 radical (unpaired) electrons. The SMILES string of the molecule is CCCn1ccnc1C(NCC)c1ccc(CC)cc1. The van der Waals surface area contributed by atoms with Gasteiger partial charge in [-0.3, -0.25) is 0 Å². The first-order valence-corrected chi connectivity index (χ1v) is 7.63. The summed E-state index contributed by atoms with van der Waals surface area (Å²) in [5.41, 5.74) is 2.66. The van der Waals surface area contributed by atoms with Crippen molar-refractivity contribution in [2.75, 3.05) is 6.54 Å². The van der Waals surface area contributed by atoms with Crippen LogP contribution in [-0.2, 0) is 13.0 Å². The van der Waals surface area contributed by atoms with E-state index in [1.54, 1.807) is 0 Å². The van der Waals surface area contributed by atoms with Gasteiger partial charge >= 0.3 is 0 Å². The fraction of sp³-hybridized carbons (Fsp3) is 0.471. The molecule has 108 valence electrons. The molecule has 0 amide bonds. The normalized spacial score (nSPS) is 12.6. The van der Waals surface area contributed by atoms with E-state index in [9.17, 15) is 0 Å². The van der Waals surface area contributed by atoms with Crippen LogP contribution in [-0.4, -0.2) is 16.1 Å². The number of aryl methyl sites for hydroxylation is 2. The molecule has 0 bridgehead atoms. The predicted octanol–water partition coefficient (Wildman–Crippen LogP) is 3.55. The lowest BCUT2D eigenvalue weighted by Crippen LogP contribution is -2.25. The van der Waals surface area contributed by atoms with Crippen LogP contribution in [0, 0.1) is 0 Å². The van der Waals surface area contributed by atoms with Crippen LogP contribution >= 0.6 is 0 Å². The zero-order chi connectivity index (χ0) is 14.4. The third kappa shape index (κ3) is 3.28. The Morgan fingerprint density at radius 2 is 1.90 bits per heavy atom. The van der Waals surface area contributed by atoms with E-state index in [-0.39, 0.29) is 6.04 Å². The molecule has 1 N–H and O–H groups in total. The minimum atomic E-state index is 0.174. The standard InChI is InChI=1S/C17H25N3/c1-4-12-20-13-11-19-17(20)16(18-6-3)15-9-7-14(5-2)8-10-15/h7-11,13,16,18H,4-6,12H2,1-3H3. The van der Waals surface area contributed by atoms with Crippen LogP contribution in [0.15, 0.2) is 36.7 Å². The summed E-state index contributed by atoms with van der Waals surface area (Å²) in [6.07, 6.45) is 6.17. The maximum Gasteiger partial charge on any atom is 0.130 e. The highest BCUT2D eigenvalue weighted by molar-refractivity contribution is 5.29. The maximum absolute atomic E-state index is 4.57. The van der Waals surface area contributed by atoms with Crippen LogP contribution in [0.25, 0.3) is 0 Å². The Hall–Kier alpha value is -1.61. The number of imidazole rings is 1.